The van der Waals surface area contributed by atoms with Gasteiger partial charge in [0.2, 0.25) is 0 Å². The van der Waals surface area contributed by atoms with E-state index in [1.54, 1.807) is 6.92 Å². The van der Waals surface area contributed by atoms with E-state index < -0.39 is 22.3 Å². The number of non-ortho nitro benzene ring substituents is 1. The molecule has 8 heteroatoms. The first kappa shape index (κ1) is 15.9. The van der Waals surface area contributed by atoms with E-state index >= 15 is 0 Å². The first-order chi connectivity index (χ1) is 10.4. The lowest BCUT2D eigenvalue weighted by Gasteiger charge is -2.34. The van der Waals surface area contributed by atoms with Crippen molar-refractivity contribution in [1.82, 2.24) is 5.32 Å². The highest BCUT2D eigenvalue weighted by molar-refractivity contribution is 5.99. The molecule has 0 saturated carbocycles. The van der Waals surface area contributed by atoms with Crippen molar-refractivity contribution in [3.63, 3.8) is 0 Å². The minimum atomic E-state index is -1.40. The highest BCUT2D eigenvalue weighted by atomic mass is 16.6. The van der Waals surface area contributed by atoms with Crippen LogP contribution < -0.4 is 5.32 Å². The summed E-state index contributed by atoms with van der Waals surface area (Å²) in [6.45, 7) is 2.11. The largest absolute Gasteiger partial charge is 0.480 e. The number of hydrogen-bond acceptors (Lipinski definition) is 5. The van der Waals surface area contributed by atoms with E-state index in [-0.39, 0.29) is 37.3 Å². The summed E-state index contributed by atoms with van der Waals surface area (Å²) in [4.78, 5) is 34.1. The van der Waals surface area contributed by atoms with Crippen molar-refractivity contribution in [3.05, 3.63) is 39.4 Å². The Morgan fingerprint density at radius 1 is 1.36 bits per heavy atom. The van der Waals surface area contributed by atoms with Crippen LogP contribution >= 0.6 is 0 Å². The third-order valence-electron chi connectivity index (χ3n) is 3.79. The quantitative estimate of drug-likeness (QED) is 0.638. The Morgan fingerprint density at radius 2 is 2.00 bits per heavy atom. The molecule has 2 rings (SSSR count). The molecule has 2 N–H and O–H groups in total. The first-order valence-electron chi connectivity index (χ1n) is 6.74. The van der Waals surface area contributed by atoms with E-state index in [2.05, 4.69) is 5.32 Å². The van der Waals surface area contributed by atoms with Crippen LogP contribution in [0.2, 0.25) is 0 Å². The maximum absolute atomic E-state index is 12.4. The molecule has 1 aromatic rings. The number of carboxylic acid groups (broad SMARTS) is 1. The molecular weight excluding hydrogens is 292 g/mol. The summed E-state index contributed by atoms with van der Waals surface area (Å²) >= 11 is 0. The smallest absolute Gasteiger partial charge is 0.329 e. The summed E-state index contributed by atoms with van der Waals surface area (Å²) in [5, 5.41) is 22.7. The van der Waals surface area contributed by atoms with Crippen LogP contribution in [0.25, 0.3) is 0 Å². The van der Waals surface area contributed by atoms with Gasteiger partial charge in [-0.15, -0.1) is 0 Å². The number of hydrogen-bond donors (Lipinski definition) is 2. The van der Waals surface area contributed by atoms with E-state index in [4.69, 9.17) is 4.74 Å². The second-order valence-corrected chi connectivity index (χ2v) is 5.21. The molecule has 118 valence electrons. The van der Waals surface area contributed by atoms with Crippen molar-refractivity contribution in [3.8, 4) is 0 Å². The van der Waals surface area contributed by atoms with Crippen LogP contribution in [-0.4, -0.2) is 40.7 Å². The number of rotatable bonds is 4. The third-order valence-corrected chi connectivity index (χ3v) is 3.79. The molecule has 1 aliphatic rings. The molecule has 0 atom stereocenters. The van der Waals surface area contributed by atoms with Crippen molar-refractivity contribution in [1.29, 1.82) is 0 Å². The summed E-state index contributed by atoms with van der Waals surface area (Å²) in [5.41, 5.74) is -0.976. The SMILES string of the molecule is Cc1ccc([N+](=O)[O-])cc1C(=O)NC1(C(=O)O)CCOCC1. The second-order valence-electron chi connectivity index (χ2n) is 5.21. The van der Waals surface area contributed by atoms with Crippen LogP contribution in [-0.2, 0) is 9.53 Å². The molecule has 1 heterocycles. The predicted octanol–water partition coefficient (Wildman–Crippen LogP) is 1.27. The van der Waals surface area contributed by atoms with Gasteiger partial charge in [0.15, 0.2) is 0 Å². The number of carboxylic acids is 1. The topological polar surface area (TPSA) is 119 Å². The van der Waals surface area contributed by atoms with Gasteiger partial charge in [-0.05, 0) is 12.5 Å². The maximum Gasteiger partial charge on any atom is 0.329 e. The number of nitrogens with one attached hydrogen (secondary N) is 1. The fourth-order valence-corrected chi connectivity index (χ4v) is 2.37. The van der Waals surface area contributed by atoms with Gasteiger partial charge in [-0.3, -0.25) is 14.9 Å². The Balaban J connectivity index is 2.29. The number of ether oxygens (including phenoxy) is 1. The second kappa shape index (κ2) is 6.10. The van der Waals surface area contributed by atoms with Crippen LogP contribution in [0, 0.1) is 17.0 Å². The fraction of sp³-hybridized carbons (Fsp3) is 0.429. The standard InChI is InChI=1S/C14H16N2O6/c1-9-2-3-10(16(20)21)8-11(9)12(17)15-14(13(18)19)4-6-22-7-5-14/h2-3,8H,4-7H2,1H3,(H,15,17)(H,18,19). The molecule has 8 nitrogen and oxygen atoms in total. The van der Waals surface area contributed by atoms with Gasteiger partial charge in [0, 0.05) is 43.8 Å². The van der Waals surface area contributed by atoms with Crippen molar-refractivity contribution in [2.75, 3.05) is 13.2 Å². The van der Waals surface area contributed by atoms with Crippen LogP contribution in [0.1, 0.15) is 28.8 Å². The molecule has 1 saturated heterocycles. The Kier molecular flexibility index (Phi) is 4.41. The molecule has 0 aromatic heterocycles. The highest BCUT2D eigenvalue weighted by Gasteiger charge is 2.42. The monoisotopic (exact) mass is 308 g/mol. The number of carbonyl (C=O) groups is 2. The summed E-state index contributed by atoms with van der Waals surface area (Å²) in [7, 11) is 0. The Labute approximate surface area is 126 Å². The Morgan fingerprint density at radius 3 is 2.55 bits per heavy atom. The average molecular weight is 308 g/mol. The minimum Gasteiger partial charge on any atom is -0.480 e. The number of aliphatic carboxylic acids is 1. The summed E-state index contributed by atoms with van der Waals surface area (Å²) in [6, 6.07) is 3.91. The number of benzene rings is 1. The van der Waals surface area contributed by atoms with Crippen molar-refractivity contribution < 1.29 is 24.4 Å². The molecular formula is C14H16N2O6. The maximum atomic E-state index is 12.4. The van der Waals surface area contributed by atoms with Crippen molar-refractivity contribution >= 4 is 17.6 Å². The zero-order valence-electron chi connectivity index (χ0n) is 12.0. The zero-order chi connectivity index (χ0) is 16.3. The summed E-state index contributed by atoms with van der Waals surface area (Å²) < 4.78 is 5.13. The van der Waals surface area contributed by atoms with Gasteiger partial charge < -0.3 is 15.2 Å². The van der Waals surface area contributed by atoms with Gasteiger partial charge in [0.25, 0.3) is 11.6 Å². The van der Waals surface area contributed by atoms with E-state index in [0.29, 0.717) is 5.56 Å². The molecule has 0 aliphatic carbocycles. The van der Waals surface area contributed by atoms with Crippen LogP contribution in [0.3, 0.4) is 0 Å². The lowest BCUT2D eigenvalue weighted by atomic mass is 9.89. The summed E-state index contributed by atoms with van der Waals surface area (Å²) in [6.07, 6.45) is 0.310. The Bertz CT molecular complexity index is 622. The predicted molar refractivity (Wildman–Crippen MR) is 75.7 cm³/mol. The van der Waals surface area contributed by atoms with Gasteiger partial charge in [0.1, 0.15) is 5.54 Å². The first-order valence-corrected chi connectivity index (χ1v) is 6.74. The molecule has 0 bridgehead atoms. The number of carbonyl (C=O) groups excluding carboxylic acids is 1. The average Bonchev–Trinajstić information content (AvgIpc) is 2.48. The number of nitro groups is 1. The molecule has 22 heavy (non-hydrogen) atoms. The molecule has 0 radical (unpaired) electrons. The fourth-order valence-electron chi connectivity index (χ4n) is 2.37. The third kappa shape index (κ3) is 3.06. The van der Waals surface area contributed by atoms with Gasteiger partial charge in [-0.2, -0.15) is 0 Å². The number of nitrogens with zero attached hydrogens (tertiary/aromatic N) is 1. The molecule has 0 unspecified atom stereocenters. The van der Waals surface area contributed by atoms with Gasteiger partial charge >= 0.3 is 5.97 Å². The lowest BCUT2D eigenvalue weighted by molar-refractivity contribution is -0.384. The van der Waals surface area contributed by atoms with Crippen LogP contribution in [0.15, 0.2) is 18.2 Å². The van der Waals surface area contributed by atoms with Gasteiger partial charge in [0.05, 0.1) is 4.92 Å². The number of aryl methyl sites for hydroxylation is 1. The minimum absolute atomic E-state index is 0.0984. The molecule has 0 spiro atoms. The van der Waals surface area contributed by atoms with E-state index in [1.165, 1.54) is 12.1 Å². The molecule has 1 fully saturated rings. The molecule has 1 amide bonds. The summed E-state index contributed by atoms with van der Waals surface area (Å²) in [5.74, 6) is -1.77. The van der Waals surface area contributed by atoms with E-state index in [1.807, 2.05) is 0 Å². The van der Waals surface area contributed by atoms with E-state index in [0.717, 1.165) is 6.07 Å². The van der Waals surface area contributed by atoms with Crippen LogP contribution in [0.4, 0.5) is 5.69 Å². The molecule has 1 aromatic carbocycles. The van der Waals surface area contributed by atoms with Gasteiger partial charge in [-0.25, -0.2) is 4.79 Å². The lowest BCUT2D eigenvalue weighted by Crippen LogP contribution is -2.57. The number of amides is 1. The normalized spacial score (nSPS) is 16.8. The highest BCUT2D eigenvalue weighted by Crippen LogP contribution is 2.23. The van der Waals surface area contributed by atoms with Gasteiger partial charge in [-0.1, -0.05) is 6.07 Å². The zero-order valence-corrected chi connectivity index (χ0v) is 12.0. The van der Waals surface area contributed by atoms with E-state index in [9.17, 15) is 24.8 Å². The van der Waals surface area contributed by atoms with Crippen LogP contribution in [0.5, 0.6) is 0 Å². The number of nitro benzene ring substituents is 1. The Hall–Kier alpha value is -2.48. The molecule has 1 aliphatic heterocycles. The van der Waals surface area contributed by atoms with Crippen molar-refractivity contribution in [2.24, 2.45) is 0 Å². The van der Waals surface area contributed by atoms with Crippen molar-refractivity contribution in [2.45, 2.75) is 25.3 Å².